The smallest absolute Gasteiger partial charge is 0.340 e. The molecule has 0 saturated carbocycles. The van der Waals surface area contributed by atoms with Crippen LogP contribution >= 0.6 is 0 Å². The van der Waals surface area contributed by atoms with E-state index in [2.05, 4.69) is 10.6 Å². The monoisotopic (exact) mass is 368 g/mol. The third-order valence-electron chi connectivity index (χ3n) is 3.64. The number of para-hydroxylation sites is 1. The van der Waals surface area contributed by atoms with Crippen LogP contribution < -0.4 is 10.6 Å². The lowest BCUT2D eigenvalue weighted by Gasteiger charge is -2.12. The number of carbonyl (C=O) groups is 2. The fourth-order valence-electron chi connectivity index (χ4n) is 2.32. The van der Waals surface area contributed by atoms with E-state index >= 15 is 0 Å². The highest BCUT2D eigenvalue weighted by molar-refractivity contribution is 5.97. The number of halogens is 1. The van der Waals surface area contributed by atoms with Crippen LogP contribution in [0.3, 0.4) is 0 Å². The predicted molar refractivity (Wildman–Crippen MR) is 97.0 cm³/mol. The topological polar surface area (TPSA) is 80.6 Å². The van der Waals surface area contributed by atoms with Crippen LogP contribution in [0.25, 0.3) is 0 Å². The number of benzene rings is 2. The largest absolute Gasteiger partial charge is 0.467 e. The van der Waals surface area contributed by atoms with E-state index in [4.69, 9.17) is 9.15 Å². The maximum Gasteiger partial charge on any atom is 0.340 e. The van der Waals surface area contributed by atoms with Crippen LogP contribution in [-0.4, -0.2) is 18.5 Å². The van der Waals surface area contributed by atoms with Crippen LogP contribution in [0.2, 0.25) is 0 Å². The summed E-state index contributed by atoms with van der Waals surface area (Å²) in [6.07, 6.45) is 1.51. The first-order chi connectivity index (χ1) is 13.1. The molecule has 1 aromatic heterocycles. The zero-order valence-electron chi connectivity index (χ0n) is 14.3. The molecule has 2 aromatic carbocycles. The Morgan fingerprint density at radius 1 is 1.00 bits per heavy atom. The molecule has 0 aliphatic rings. The number of furan rings is 1. The third-order valence-corrected chi connectivity index (χ3v) is 3.64. The maximum absolute atomic E-state index is 13.0. The molecule has 0 aliphatic heterocycles. The van der Waals surface area contributed by atoms with Gasteiger partial charge in [-0.05, 0) is 48.5 Å². The molecule has 0 aliphatic carbocycles. The standard InChI is InChI=1S/C20H17FN2O4/c21-14-7-9-15(10-8-14)23-18-6-2-1-5-17(18)20(25)27-13-19(24)22-12-16-4-3-11-26-16/h1-11,23H,12-13H2,(H,22,24). The molecule has 1 heterocycles. The predicted octanol–water partition coefficient (Wildman–Crippen LogP) is 3.64. The van der Waals surface area contributed by atoms with Gasteiger partial charge < -0.3 is 19.8 Å². The van der Waals surface area contributed by atoms with Crippen molar-refractivity contribution in [3.8, 4) is 0 Å². The van der Waals surface area contributed by atoms with Gasteiger partial charge in [-0.2, -0.15) is 0 Å². The number of ether oxygens (including phenoxy) is 1. The number of anilines is 2. The number of nitrogens with one attached hydrogen (secondary N) is 2. The molecule has 0 atom stereocenters. The Kier molecular flexibility index (Phi) is 5.84. The highest BCUT2D eigenvalue weighted by Crippen LogP contribution is 2.21. The van der Waals surface area contributed by atoms with Crippen molar-refractivity contribution in [2.45, 2.75) is 6.54 Å². The first-order valence-electron chi connectivity index (χ1n) is 8.19. The van der Waals surface area contributed by atoms with Crippen molar-refractivity contribution in [1.29, 1.82) is 0 Å². The van der Waals surface area contributed by atoms with Gasteiger partial charge in [-0.1, -0.05) is 12.1 Å². The zero-order chi connectivity index (χ0) is 19.1. The molecule has 27 heavy (non-hydrogen) atoms. The number of hydrogen-bond acceptors (Lipinski definition) is 5. The first-order valence-corrected chi connectivity index (χ1v) is 8.19. The maximum atomic E-state index is 13.0. The fraction of sp³-hybridized carbons (Fsp3) is 0.100. The van der Waals surface area contributed by atoms with Crippen LogP contribution in [0.4, 0.5) is 15.8 Å². The average Bonchev–Trinajstić information content (AvgIpc) is 3.20. The molecule has 0 unspecified atom stereocenters. The van der Waals surface area contributed by atoms with Gasteiger partial charge in [0.1, 0.15) is 11.6 Å². The molecule has 2 N–H and O–H groups in total. The summed E-state index contributed by atoms with van der Waals surface area (Å²) >= 11 is 0. The molecule has 138 valence electrons. The summed E-state index contributed by atoms with van der Waals surface area (Å²) in [6, 6.07) is 15.9. The van der Waals surface area contributed by atoms with E-state index in [9.17, 15) is 14.0 Å². The Balaban J connectivity index is 1.57. The van der Waals surface area contributed by atoms with Crippen molar-refractivity contribution >= 4 is 23.3 Å². The van der Waals surface area contributed by atoms with Gasteiger partial charge in [-0.3, -0.25) is 4.79 Å². The lowest BCUT2D eigenvalue weighted by molar-refractivity contribution is -0.124. The molecule has 0 spiro atoms. The molecule has 0 bridgehead atoms. The van der Waals surface area contributed by atoms with Crippen LogP contribution in [0.5, 0.6) is 0 Å². The lowest BCUT2D eigenvalue weighted by Crippen LogP contribution is -2.28. The molecular weight excluding hydrogens is 351 g/mol. The number of amides is 1. The highest BCUT2D eigenvalue weighted by Gasteiger charge is 2.14. The van der Waals surface area contributed by atoms with Gasteiger partial charge in [0.15, 0.2) is 6.61 Å². The molecule has 7 heteroatoms. The Morgan fingerprint density at radius 3 is 2.52 bits per heavy atom. The molecule has 0 saturated heterocycles. The number of hydrogen-bond donors (Lipinski definition) is 2. The minimum Gasteiger partial charge on any atom is -0.467 e. The van der Waals surface area contributed by atoms with Gasteiger partial charge in [0, 0.05) is 5.69 Å². The first kappa shape index (κ1) is 18.2. The quantitative estimate of drug-likeness (QED) is 0.623. The zero-order valence-corrected chi connectivity index (χ0v) is 14.3. The molecular formula is C20H17FN2O4. The number of esters is 1. The number of carbonyl (C=O) groups excluding carboxylic acids is 2. The van der Waals surface area contributed by atoms with Crippen LogP contribution in [-0.2, 0) is 16.1 Å². The van der Waals surface area contributed by atoms with Crippen LogP contribution in [0.1, 0.15) is 16.1 Å². The average molecular weight is 368 g/mol. The van der Waals surface area contributed by atoms with E-state index in [0.29, 0.717) is 17.1 Å². The Labute approximate surface area is 155 Å². The van der Waals surface area contributed by atoms with E-state index in [1.54, 1.807) is 48.5 Å². The van der Waals surface area contributed by atoms with Gasteiger partial charge in [-0.25, -0.2) is 9.18 Å². The fourth-order valence-corrected chi connectivity index (χ4v) is 2.32. The van der Waals surface area contributed by atoms with E-state index in [1.807, 2.05) is 0 Å². The molecule has 0 fully saturated rings. The second kappa shape index (κ2) is 8.66. The van der Waals surface area contributed by atoms with Gasteiger partial charge in [0.05, 0.1) is 24.1 Å². The van der Waals surface area contributed by atoms with Gasteiger partial charge in [0.2, 0.25) is 0 Å². The van der Waals surface area contributed by atoms with Crippen molar-refractivity contribution in [3.05, 3.63) is 84.1 Å². The SMILES string of the molecule is O=C(COC(=O)c1ccccc1Nc1ccc(F)cc1)NCc1ccco1. The Morgan fingerprint density at radius 2 is 1.78 bits per heavy atom. The minimum atomic E-state index is -0.645. The Hall–Kier alpha value is -3.61. The van der Waals surface area contributed by atoms with Crippen molar-refractivity contribution in [3.63, 3.8) is 0 Å². The summed E-state index contributed by atoms with van der Waals surface area (Å²) < 4.78 is 23.2. The molecule has 0 radical (unpaired) electrons. The summed E-state index contributed by atoms with van der Waals surface area (Å²) in [5, 5.41) is 5.62. The minimum absolute atomic E-state index is 0.214. The second-order valence-electron chi connectivity index (χ2n) is 5.61. The van der Waals surface area contributed by atoms with E-state index in [0.717, 1.165) is 0 Å². The summed E-state index contributed by atoms with van der Waals surface area (Å²) in [4.78, 5) is 24.1. The molecule has 1 amide bonds. The Bertz CT molecular complexity index is 908. The van der Waals surface area contributed by atoms with Crippen molar-refractivity contribution in [2.24, 2.45) is 0 Å². The van der Waals surface area contributed by atoms with Crippen LogP contribution in [0, 0.1) is 5.82 Å². The molecule has 3 rings (SSSR count). The van der Waals surface area contributed by atoms with E-state index in [-0.39, 0.29) is 17.9 Å². The summed E-state index contributed by atoms with van der Waals surface area (Å²) in [5.74, 6) is -0.839. The van der Waals surface area contributed by atoms with E-state index in [1.165, 1.54) is 18.4 Å². The summed E-state index contributed by atoms with van der Waals surface area (Å²) in [7, 11) is 0. The van der Waals surface area contributed by atoms with E-state index < -0.39 is 18.5 Å². The third kappa shape index (κ3) is 5.18. The van der Waals surface area contributed by atoms with Gasteiger partial charge >= 0.3 is 5.97 Å². The normalized spacial score (nSPS) is 10.3. The molecule has 3 aromatic rings. The van der Waals surface area contributed by atoms with Crippen molar-refractivity contribution in [1.82, 2.24) is 5.32 Å². The highest BCUT2D eigenvalue weighted by atomic mass is 19.1. The summed E-state index contributed by atoms with van der Waals surface area (Å²) in [6.45, 7) is -0.198. The summed E-state index contributed by atoms with van der Waals surface area (Å²) in [5.41, 5.74) is 1.37. The van der Waals surface area contributed by atoms with Crippen molar-refractivity contribution < 1.29 is 23.1 Å². The van der Waals surface area contributed by atoms with Gasteiger partial charge in [0.25, 0.3) is 5.91 Å². The van der Waals surface area contributed by atoms with Gasteiger partial charge in [-0.15, -0.1) is 0 Å². The second-order valence-corrected chi connectivity index (χ2v) is 5.61. The van der Waals surface area contributed by atoms with Crippen molar-refractivity contribution in [2.75, 3.05) is 11.9 Å². The lowest BCUT2D eigenvalue weighted by atomic mass is 10.1. The molecule has 6 nitrogen and oxygen atoms in total. The number of rotatable bonds is 7. The van der Waals surface area contributed by atoms with Crippen LogP contribution in [0.15, 0.2) is 71.3 Å².